The third kappa shape index (κ3) is 6.32. The Labute approximate surface area is 130 Å². The summed E-state index contributed by atoms with van der Waals surface area (Å²) >= 11 is 0. The average molecular weight is 299 g/mol. The first-order valence-electron chi connectivity index (χ1n) is 8.26. The fourth-order valence-electron chi connectivity index (χ4n) is 3.01. The van der Waals surface area contributed by atoms with Crippen molar-refractivity contribution >= 4 is 5.97 Å². The van der Waals surface area contributed by atoms with E-state index in [1.165, 1.54) is 33.0 Å². The van der Waals surface area contributed by atoms with Gasteiger partial charge in [-0.15, -0.1) is 0 Å². The number of likely N-dealkylation sites (tertiary alicyclic amines) is 1. The average Bonchev–Trinajstić information content (AvgIpc) is 2.97. The first-order chi connectivity index (χ1) is 10.0. The molecule has 1 aliphatic rings. The van der Waals surface area contributed by atoms with E-state index in [0.29, 0.717) is 0 Å². The number of methoxy groups -OCH3 is 1. The van der Waals surface area contributed by atoms with E-state index in [0.717, 1.165) is 39.0 Å². The van der Waals surface area contributed by atoms with Crippen molar-refractivity contribution in [3.63, 3.8) is 0 Å². The smallest absolute Gasteiger partial charge is 0.325 e. The van der Waals surface area contributed by atoms with Gasteiger partial charge in [0.25, 0.3) is 0 Å². The summed E-state index contributed by atoms with van der Waals surface area (Å²) in [4.78, 5) is 16.8. The van der Waals surface area contributed by atoms with Crippen LogP contribution >= 0.6 is 0 Å². The van der Waals surface area contributed by atoms with Crippen LogP contribution in [0, 0.1) is 0 Å². The molecular weight excluding hydrogens is 266 g/mol. The van der Waals surface area contributed by atoms with Crippen LogP contribution in [0.4, 0.5) is 0 Å². The second-order valence-electron chi connectivity index (χ2n) is 6.31. The summed E-state index contributed by atoms with van der Waals surface area (Å²) < 4.78 is 4.92. The Morgan fingerprint density at radius 3 is 2.57 bits per heavy atom. The van der Waals surface area contributed by atoms with Gasteiger partial charge in [-0.2, -0.15) is 0 Å². The van der Waals surface area contributed by atoms with E-state index >= 15 is 0 Å². The van der Waals surface area contributed by atoms with Crippen molar-refractivity contribution in [3.05, 3.63) is 0 Å². The van der Waals surface area contributed by atoms with Crippen LogP contribution in [-0.2, 0) is 9.53 Å². The van der Waals surface area contributed by atoms with Crippen LogP contribution in [0.15, 0.2) is 0 Å². The molecule has 1 aliphatic heterocycles. The quantitative estimate of drug-likeness (QED) is 0.617. The van der Waals surface area contributed by atoms with E-state index in [2.05, 4.69) is 22.2 Å². The van der Waals surface area contributed by atoms with Crippen LogP contribution in [0.1, 0.15) is 39.5 Å². The molecule has 0 radical (unpaired) electrons. The van der Waals surface area contributed by atoms with E-state index in [4.69, 9.17) is 4.74 Å². The maximum Gasteiger partial charge on any atom is 0.325 e. The zero-order chi connectivity index (χ0) is 15.7. The zero-order valence-corrected chi connectivity index (χ0v) is 14.3. The Morgan fingerprint density at radius 2 is 2.00 bits per heavy atom. The molecule has 0 bridgehead atoms. The topological polar surface area (TPSA) is 44.8 Å². The lowest BCUT2D eigenvalue weighted by Gasteiger charge is -2.28. The predicted molar refractivity (Wildman–Crippen MR) is 86.5 cm³/mol. The largest absolute Gasteiger partial charge is 0.468 e. The molecule has 0 saturated carbocycles. The molecule has 1 atom stereocenters. The van der Waals surface area contributed by atoms with Crippen molar-refractivity contribution in [2.24, 2.45) is 0 Å². The predicted octanol–water partition coefficient (Wildman–Crippen LogP) is 1.34. The normalized spacial score (nSPS) is 18.9. The van der Waals surface area contributed by atoms with Crippen LogP contribution in [-0.4, -0.2) is 74.7 Å². The number of hydrogen-bond acceptors (Lipinski definition) is 5. The number of nitrogens with one attached hydrogen (secondary N) is 1. The molecule has 5 heteroatoms. The standard InChI is InChI=1S/C16H33N3O2/c1-5-17-16(2,15(20)21-4)9-8-10-18(3)13-14-19-11-6-7-12-19/h17H,5-14H2,1-4H3. The number of hydrogen-bond donors (Lipinski definition) is 1. The summed E-state index contributed by atoms with van der Waals surface area (Å²) in [7, 11) is 3.62. The van der Waals surface area contributed by atoms with Crippen molar-refractivity contribution in [1.29, 1.82) is 0 Å². The fourth-order valence-corrected chi connectivity index (χ4v) is 3.01. The minimum atomic E-state index is -0.556. The molecule has 5 nitrogen and oxygen atoms in total. The molecule has 0 aromatic heterocycles. The number of nitrogens with zero attached hydrogens (tertiary/aromatic N) is 2. The molecule has 1 fully saturated rings. The molecule has 124 valence electrons. The molecule has 0 amide bonds. The summed E-state index contributed by atoms with van der Waals surface area (Å²) in [5, 5.41) is 3.26. The molecule has 0 spiro atoms. The highest BCUT2D eigenvalue weighted by Crippen LogP contribution is 2.15. The second kappa shape index (κ2) is 9.38. The molecular formula is C16H33N3O2. The molecule has 1 heterocycles. The highest BCUT2D eigenvalue weighted by Gasteiger charge is 2.32. The number of ether oxygens (including phenoxy) is 1. The van der Waals surface area contributed by atoms with E-state index in [-0.39, 0.29) is 5.97 Å². The molecule has 1 N–H and O–H groups in total. The van der Waals surface area contributed by atoms with Crippen LogP contribution < -0.4 is 5.32 Å². The summed E-state index contributed by atoms with van der Waals surface area (Å²) in [6.07, 6.45) is 4.50. The number of carbonyl (C=O) groups is 1. The summed E-state index contributed by atoms with van der Waals surface area (Å²) in [6, 6.07) is 0. The van der Waals surface area contributed by atoms with Crippen molar-refractivity contribution < 1.29 is 9.53 Å². The van der Waals surface area contributed by atoms with Crippen molar-refractivity contribution in [2.75, 3.05) is 53.4 Å². The van der Waals surface area contributed by atoms with Crippen molar-refractivity contribution in [3.8, 4) is 0 Å². The van der Waals surface area contributed by atoms with Gasteiger partial charge >= 0.3 is 5.97 Å². The summed E-state index contributed by atoms with van der Waals surface area (Å²) in [6.45, 7) is 10.5. The van der Waals surface area contributed by atoms with E-state index in [1.807, 2.05) is 13.8 Å². The Hall–Kier alpha value is -0.650. The lowest BCUT2D eigenvalue weighted by Crippen LogP contribution is -2.50. The number of carbonyl (C=O) groups excluding carboxylic acids is 1. The molecule has 1 rings (SSSR count). The van der Waals surface area contributed by atoms with Gasteiger partial charge < -0.3 is 19.9 Å². The van der Waals surface area contributed by atoms with Gasteiger partial charge in [0.15, 0.2) is 0 Å². The Bertz CT molecular complexity index is 306. The maximum atomic E-state index is 11.9. The third-order valence-corrected chi connectivity index (χ3v) is 4.42. The Balaban J connectivity index is 2.24. The molecule has 1 unspecified atom stereocenters. The highest BCUT2D eigenvalue weighted by atomic mass is 16.5. The first-order valence-corrected chi connectivity index (χ1v) is 8.26. The monoisotopic (exact) mass is 299 g/mol. The van der Waals surface area contributed by atoms with E-state index in [9.17, 15) is 4.79 Å². The zero-order valence-electron chi connectivity index (χ0n) is 14.3. The Morgan fingerprint density at radius 1 is 1.33 bits per heavy atom. The van der Waals surface area contributed by atoms with Gasteiger partial charge in [-0.3, -0.25) is 4.79 Å². The van der Waals surface area contributed by atoms with E-state index in [1.54, 1.807) is 0 Å². The van der Waals surface area contributed by atoms with Gasteiger partial charge in [0, 0.05) is 13.1 Å². The SMILES string of the molecule is CCNC(C)(CCCN(C)CCN1CCCC1)C(=O)OC. The van der Waals surface area contributed by atoms with Gasteiger partial charge in [-0.05, 0) is 65.8 Å². The lowest BCUT2D eigenvalue weighted by atomic mass is 9.95. The molecule has 0 aliphatic carbocycles. The van der Waals surface area contributed by atoms with Crippen molar-refractivity contribution in [2.45, 2.75) is 45.1 Å². The maximum absolute atomic E-state index is 11.9. The molecule has 0 aromatic carbocycles. The van der Waals surface area contributed by atoms with Crippen LogP contribution in [0.25, 0.3) is 0 Å². The Kier molecular flexibility index (Phi) is 8.22. The number of likely N-dealkylation sites (N-methyl/N-ethyl adjacent to an activating group) is 2. The number of esters is 1. The van der Waals surface area contributed by atoms with Gasteiger partial charge in [-0.1, -0.05) is 6.92 Å². The lowest BCUT2D eigenvalue weighted by molar-refractivity contribution is -0.148. The molecule has 0 aromatic rings. The summed E-state index contributed by atoms with van der Waals surface area (Å²) in [5.74, 6) is -0.163. The van der Waals surface area contributed by atoms with Gasteiger partial charge in [0.1, 0.15) is 5.54 Å². The number of rotatable bonds is 10. The van der Waals surface area contributed by atoms with Crippen LogP contribution in [0.2, 0.25) is 0 Å². The minimum absolute atomic E-state index is 0.163. The van der Waals surface area contributed by atoms with Crippen LogP contribution in [0.5, 0.6) is 0 Å². The van der Waals surface area contributed by atoms with Crippen LogP contribution in [0.3, 0.4) is 0 Å². The first kappa shape index (κ1) is 18.4. The fraction of sp³-hybridized carbons (Fsp3) is 0.938. The van der Waals surface area contributed by atoms with Gasteiger partial charge in [0.2, 0.25) is 0 Å². The van der Waals surface area contributed by atoms with Gasteiger partial charge in [0.05, 0.1) is 7.11 Å². The highest BCUT2D eigenvalue weighted by molar-refractivity contribution is 5.80. The van der Waals surface area contributed by atoms with Gasteiger partial charge in [-0.25, -0.2) is 0 Å². The second-order valence-corrected chi connectivity index (χ2v) is 6.31. The molecule has 21 heavy (non-hydrogen) atoms. The molecule has 1 saturated heterocycles. The summed E-state index contributed by atoms with van der Waals surface area (Å²) in [5.41, 5.74) is -0.556. The minimum Gasteiger partial charge on any atom is -0.468 e. The van der Waals surface area contributed by atoms with E-state index < -0.39 is 5.54 Å². The third-order valence-electron chi connectivity index (χ3n) is 4.42. The van der Waals surface area contributed by atoms with Crippen molar-refractivity contribution in [1.82, 2.24) is 15.1 Å².